The number of nitro groups is 1. The monoisotopic (exact) mass is 468 g/mol. The lowest BCUT2D eigenvalue weighted by Gasteiger charge is -2.39. The Kier molecular flexibility index (Phi) is 6.86. The number of nitro benzene ring substituents is 1. The van der Waals surface area contributed by atoms with Gasteiger partial charge in [0.15, 0.2) is 0 Å². The first-order valence-electron chi connectivity index (χ1n) is 10.5. The average molecular weight is 469 g/mol. The van der Waals surface area contributed by atoms with E-state index in [-0.39, 0.29) is 22.4 Å². The molecule has 0 aliphatic carbocycles. The molecule has 3 aromatic rings. The smallest absolute Gasteiger partial charge is 0.289 e. The molecule has 7 nitrogen and oxygen atoms in total. The van der Waals surface area contributed by atoms with Gasteiger partial charge in [-0.05, 0) is 29.8 Å². The average Bonchev–Trinajstić information content (AvgIpc) is 2.82. The van der Waals surface area contributed by atoms with E-state index in [0.29, 0.717) is 37.6 Å². The van der Waals surface area contributed by atoms with Crippen molar-refractivity contribution < 1.29 is 14.1 Å². The number of amides is 1. The van der Waals surface area contributed by atoms with Crippen LogP contribution >= 0.6 is 11.6 Å². The van der Waals surface area contributed by atoms with Crippen molar-refractivity contribution in [3.05, 3.63) is 99.3 Å². The number of carbonyl (C=O) groups is 1. The molecule has 0 spiro atoms. The molecule has 1 aliphatic rings. The highest BCUT2D eigenvalue weighted by Gasteiger charge is 2.31. The lowest BCUT2D eigenvalue weighted by molar-refractivity contribution is -0.384. The zero-order valence-electron chi connectivity index (χ0n) is 17.7. The van der Waals surface area contributed by atoms with Gasteiger partial charge in [0.05, 0.1) is 10.6 Å². The van der Waals surface area contributed by atoms with E-state index >= 15 is 0 Å². The third-order valence-corrected chi connectivity index (χ3v) is 5.97. The fourth-order valence-corrected chi connectivity index (χ4v) is 4.22. The minimum absolute atomic E-state index is 0.00174. The number of benzene rings is 3. The van der Waals surface area contributed by atoms with Crippen molar-refractivity contribution in [2.24, 2.45) is 0 Å². The van der Waals surface area contributed by atoms with Gasteiger partial charge >= 0.3 is 0 Å². The standard InChI is InChI=1S/C24H22ClFN4O3/c25-19-11-10-18(16-22(19)30(32)33)27-24(31)23(17-6-2-1-3-7-17)29-14-12-28(13-15-29)21-9-5-4-8-20(21)26/h1-11,16,23H,12-15H2,(H,27,31). The quantitative estimate of drug-likeness (QED) is 0.411. The number of halogens is 2. The third-order valence-electron chi connectivity index (χ3n) is 5.65. The van der Waals surface area contributed by atoms with Crippen LogP contribution in [-0.4, -0.2) is 41.9 Å². The van der Waals surface area contributed by atoms with Gasteiger partial charge in [0.1, 0.15) is 16.9 Å². The van der Waals surface area contributed by atoms with Crippen LogP contribution in [0.1, 0.15) is 11.6 Å². The molecule has 1 atom stereocenters. The van der Waals surface area contributed by atoms with Gasteiger partial charge in [0, 0.05) is 37.9 Å². The van der Waals surface area contributed by atoms with E-state index < -0.39 is 11.0 Å². The first-order valence-corrected chi connectivity index (χ1v) is 10.8. The fraction of sp³-hybridized carbons (Fsp3) is 0.208. The molecule has 1 saturated heterocycles. The summed E-state index contributed by atoms with van der Waals surface area (Å²) in [4.78, 5) is 28.0. The van der Waals surface area contributed by atoms with E-state index in [1.54, 1.807) is 18.2 Å². The van der Waals surface area contributed by atoms with Crippen LogP contribution in [0.3, 0.4) is 0 Å². The van der Waals surface area contributed by atoms with Crippen LogP contribution in [0.5, 0.6) is 0 Å². The summed E-state index contributed by atoms with van der Waals surface area (Å²) < 4.78 is 14.2. The highest BCUT2D eigenvalue weighted by molar-refractivity contribution is 6.32. The van der Waals surface area contributed by atoms with Gasteiger partial charge in [-0.1, -0.05) is 54.1 Å². The highest BCUT2D eigenvalue weighted by Crippen LogP contribution is 2.30. The van der Waals surface area contributed by atoms with Crippen molar-refractivity contribution in [2.75, 3.05) is 36.4 Å². The molecular formula is C24H22ClFN4O3. The van der Waals surface area contributed by atoms with Crippen LogP contribution < -0.4 is 10.2 Å². The molecule has 33 heavy (non-hydrogen) atoms. The summed E-state index contributed by atoms with van der Waals surface area (Å²) in [6.45, 7) is 2.21. The molecule has 1 heterocycles. The molecule has 0 saturated carbocycles. The summed E-state index contributed by atoms with van der Waals surface area (Å²) in [5.74, 6) is -0.579. The Hall–Kier alpha value is -3.49. The number of nitrogens with zero attached hydrogens (tertiary/aromatic N) is 3. The molecule has 3 aromatic carbocycles. The summed E-state index contributed by atoms with van der Waals surface area (Å²) in [5, 5.41) is 14.0. The molecule has 0 aromatic heterocycles. The Bertz CT molecular complexity index is 1150. The van der Waals surface area contributed by atoms with Gasteiger partial charge < -0.3 is 10.2 Å². The molecule has 0 bridgehead atoms. The molecule has 1 aliphatic heterocycles. The largest absolute Gasteiger partial charge is 0.367 e. The number of anilines is 2. The van der Waals surface area contributed by atoms with Crippen LogP contribution in [0.15, 0.2) is 72.8 Å². The predicted octanol–water partition coefficient (Wildman–Crippen LogP) is 4.89. The van der Waals surface area contributed by atoms with E-state index in [2.05, 4.69) is 5.32 Å². The van der Waals surface area contributed by atoms with E-state index in [1.807, 2.05) is 40.1 Å². The second-order valence-corrected chi connectivity index (χ2v) is 8.11. The third kappa shape index (κ3) is 5.13. The van der Waals surface area contributed by atoms with Crippen molar-refractivity contribution in [1.82, 2.24) is 4.90 Å². The SMILES string of the molecule is O=C(Nc1ccc(Cl)c([N+](=O)[O-])c1)C(c1ccccc1)N1CCN(c2ccccc2F)CC1. The van der Waals surface area contributed by atoms with Crippen LogP contribution in [0.4, 0.5) is 21.5 Å². The van der Waals surface area contributed by atoms with E-state index in [4.69, 9.17) is 11.6 Å². The number of nitrogens with one attached hydrogen (secondary N) is 1. The highest BCUT2D eigenvalue weighted by atomic mass is 35.5. The Morgan fingerprint density at radius 1 is 1.00 bits per heavy atom. The molecular weight excluding hydrogens is 447 g/mol. The first kappa shape index (κ1) is 22.7. The number of hydrogen-bond donors (Lipinski definition) is 1. The Balaban J connectivity index is 1.54. The van der Waals surface area contributed by atoms with Crippen LogP contribution in [-0.2, 0) is 4.79 Å². The number of rotatable bonds is 6. The van der Waals surface area contributed by atoms with Crippen molar-refractivity contribution in [2.45, 2.75) is 6.04 Å². The summed E-state index contributed by atoms with van der Waals surface area (Å²) in [5.41, 5.74) is 1.37. The van der Waals surface area contributed by atoms with Crippen LogP contribution in [0, 0.1) is 15.9 Å². The lowest BCUT2D eigenvalue weighted by Crippen LogP contribution is -2.50. The normalized spacial score (nSPS) is 15.2. The summed E-state index contributed by atoms with van der Waals surface area (Å²) in [6, 6.07) is 19.5. The molecule has 1 fully saturated rings. The zero-order chi connectivity index (χ0) is 23.4. The second-order valence-electron chi connectivity index (χ2n) is 7.70. The maximum absolute atomic E-state index is 14.2. The van der Waals surface area contributed by atoms with Gasteiger partial charge in [-0.25, -0.2) is 4.39 Å². The number of para-hydroxylation sites is 1. The summed E-state index contributed by atoms with van der Waals surface area (Å²) >= 11 is 5.89. The second kappa shape index (κ2) is 9.97. The number of hydrogen-bond acceptors (Lipinski definition) is 5. The molecule has 170 valence electrons. The minimum atomic E-state index is -0.608. The van der Waals surface area contributed by atoms with Gasteiger partial charge in [0.25, 0.3) is 5.69 Å². The van der Waals surface area contributed by atoms with Crippen molar-refractivity contribution in [1.29, 1.82) is 0 Å². The molecule has 9 heteroatoms. The topological polar surface area (TPSA) is 78.7 Å². The maximum atomic E-state index is 14.2. The predicted molar refractivity (Wildman–Crippen MR) is 126 cm³/mol. The van der Waals surface area contributed by atoms with E-state index in [9.17, 15) is 19.3 Å². The molecule has 1 N–H and O–H groups in total. The maximum Gasteiger partial charge on any atom is 0.289 e. The lowest BCUT2D eigenvalue weighted by atomic mass is 10.0. The number of carbonyl (C=O) groups excluding carboxylic acids is 1. The minimum Gasteiger partial charge on any atom is -0.367 e. The van der Waals surface area contributed by atoms with Crippen LogP contribution in [0.25, 0.3) is 0 Å². The first-order chi connectivity index (χ1) is 15.9. The fourth-order valence-electron chi connectivity index (χ4n) is 4.03. The zero-order valence-corrected chi connectivity index (χ0v) is 18.4. The molecule has 0 radical (unpaired) electrons. The van der Waals surface area contributed by atoms with Gasteiger partial charge in [-0.2, -0.15) is 0 Å². The van der Waals surface area contributed by atoms with Crippen molar-refractivity contribution in [3.8, 4) is 0 Å². The summed E-state index contributed by atoms with van der Waals surface area (Å²) in [7, 11) is 0. The van der Waals surface area contributed by atoms with Crippen molar-refractivity contribution >= 4 is 34.6 Å². The van der Waals surface area contributed by atoms with E-state index in [0.717, 1.165) is 5.56 Å². The molecule has 4 rings (SSSR count). The summed E-state index contributed by atoms with van der Waals surface area (Å²) in [6.07, 6.45) is 0. The Morgan fingerprint density at radius 2 is 1.67 bits per heavy atom. The molecule has 1 unspecified atom stereocenters. The van der Waals surface area contributed by atoms with Gasteiger partial charge in [0.2, 0.25) is 5.91 Å². The number of piperazine rings is 1. The Labute approximate surface area is 195 Å². The van der Waals surface area contributed by atoms with Crippen LogP contribution in [0.2, 0.25) is 5.02 Å². The van der Waals surface area contributed by atoms with Gasteiger partial charge in [-0.3, -0.25) is 19.8 Å². The van der Waals surface area contributed by atoms with E-state index in [1.165, 1.54) is 24.3 Å². The van der Waals surface area contributed by atoms with Crippen molar-refractivity contribution in [3.63, 3.8) is 0 Å². The Morgan fingerprint density at radius 3 is 2.33 bits per heavy atom. The molecule has 1 amide bonds. The van der Waals surface area contributed by atoms with Gasteiger partial charge in [-0.15, -0.1) is 0 Å².